The van der Waals surface area contributed by atoms with Crippen LogP contribution in [-0.4, -0.2) is 30.1 Å². The summed E-state index contributed by atoms with van der Waals surface area (Å²) in [5.41, 5.74) is 7.32. The fourth-order valence-electron chi connectivity index (χ4n) is 4.34. The number of esters is 1. The Bertz CT molecular complexity index is 1540. The SMILES string of the molecule is CCOC(=O)c1ccc(N2C(=O)/C(=C\NN=C(c3ccccc3)c3ccccc3)c3ccccc3C2=O)cc1. The van der Waals surface area contributed by atoms with Crippen LogP contribution in [0.4, 0.5) is 5.69 Å². The first-order chi connectivity index (χ1) is 19.1. The fourth-order valence-corrected chi connectivity index (χ4v) is 4.34. The Kier molecular flexibility index (Phi) is 7.41. The summed E-state index contributed by atoms with van der Waals surface area (Å²) in [5, 5.41) is 4.61. The predicted octanol–water partition coefficient (Wildman–Crippen LogP) is 5.43. The number of fused-ring (bicyclic) bond motifs is 1. The number of hydrazone groups is 1. The van der Waals surface area contributed by atoms with Crippen molar-refractivity contribution in [3.05, 3.63) is 143 Å². The normalized spacial score (nSPS) is 13.6. The van der Waals surface area contributed by atoms with Gasteiger partial charge in [-0.1, -0.05) is 78.9 Å². The van der Waals surface area contributed by atoms with Gasteiger partial charge >= 0.3 is 5.97 Å². The van der Waals surface area contributed by atoms with E-state index < -0.39 is 17.8 Å². The van der Waals surface area contributed by atoms with Crippen LogP contribution in [0.15, 0.2) is 120 Å². The average molecular weight is 516 g/mol. The molecule has 0 spiro atoms. The summed E-state index contributed by atoms with van der Waals surface area (Å²) in [6.45, 7) is 1.98. The molecule has 0 bridgehead atoms. The van der Waals surface area contributed by atoms with Gasteiger partial charge in [-0.25, -0.2) is 9.69 Å². The smallest absolute Gasteiger partial charge is 0.338 e. The first-order valence-corrected chi connectivity index (χ1v) is 12.5. The van der Waals surface area contributed by atoms with E-state index in [4.69, 9.17) is 4.74 Å². The van der Waals surface area contributed by atoms with Gasteiger partial charge in [0.25, 0.3) is 11.8 Å². The lowest BCUT2D eigenvalue weighted by Crippen LogP contribution is -2.42. The maximum Gasteiger partial charge on any atom is 0.338 e. The highest BCUT2D eigenvalue weighted by Crippen LogP contribution is 2.32. The van der Waals surface area contributed by atoms with Crippen LogP contribution in [0.5, 0.6) is 0 Å². The molecule has 0 fully saturated rings. The number of imide groups is 1. The minimum absolute atomic E-state index is 0.250. The van der Waals surface area contributed by atoms with Crippen LogP contribution in [0.1, 0.15) is 44.3 Å². The number of carbonyl (C=O) groups is 3. The summed E-state index contributed by atoms with van der Waals surface area (Å²) in [4.78, 5) is 40.2. The summed E-state index contributed by atoms with van der Waals surface area (Å²) in [6.07, 6.45) is 1.51. The van der Waals surface area contributed by atoms with Crippen molar-refractivity contribution in [3.63, 3.8) is 0 Å². The molecule has 0 unspecified atom stereocenters. The molecule has 1 heterocycles. The van der Waals surface area contributed by atoms with Crippen molar-refractivity contribution >= 4 is 34.8 Å². The van der Waals surface area contributed by atoms with Gasteiger partial charge in [0.15, 0.2) is 0 Å². The third-order valence-corrected chi connectivity index (χ3v) is 6.20. The lowest BCUT2D eigenvalue weighted by molar-refractivity contribution is -0.112. The molecule has 1 aliphatic rings. The van der Waals surface area contributed by atoms with E-state index in [1.165, 1.54) is 18.3 Å². The van der Waals surface area contributed by atoms with Gasteiger partial charge in [-0.05, 0) is 37.3 Å². The number of rotatable bonds is 7. The quantitative estimate of drug-likeness (QED) is 0.117. The van der Waals surface area contributed by atoms with Gasteiger partial charge in [0, 0.05) is 28.5 Å². The first-order valence-electron chi connectivity index (χ1n) is 12.5. The highest BCUT2D eigenvalue weighted by molar-refractivity contribution is 6.41. The van der Waals surface area contributed by atoms with Crippen LogP contribution >= 0.6 is 0 Å². The lowest BCUT2D eigenvalue weighted by atomic mass is 9.93. The Morgan fingerprint density at radius 2 is 1.31 bits per heavy atom. The maximum atomic E-state index is 13.7. The Morgan fingerprint density at radius 1 is 0.744 bits per heavy atom. The van der Waals surface area contributed by atoms with Crippen molar-refractivity contribution in [1.29, 1.82) is 0 Å². The number of ether oxygens (including phenoxy) is 1. The van der Waals surface area contributed by atoms with Crippen LogP contribution in [0, 0.1) is 0 Å². The van der Waals surface area contributed by atoms with Crippen molar-refractivity contribution in [2.24, 2.45) is 5.10 Å². The van der Waals surface area contributed by atoms with Crippen LogP contribution in [0.3, 0.4) is 0 Å². The molecule has 0 saturated heterocycles. The van der Waals surface area contributed by atoms with Gasteiger partial charge in [-0.15, -0.1) is 0 Å². The third kappa shape index (κ3) is 5.24. The topological polar surface area (TPSA) is 88.1 Å². The number of nitrogens with one attached hydrogen (secondary N) is 1. The minimum Gasteiger partial charge on any atom is -0.462 e. The Hall–Kier alpha value is -5.30. The number of anilines is 1. The second-order valence-electron chi connectivity index (χ2n) is 8.64. The second-order valence-corrected chi connectivity index (χ2v) is 8.64. The van der Waals surface area contributed by atoms with Gasteiger partial charge in [0.05, 0.1) is 29.1 Å². The standard InChI is InChI=1S/C32H25N3O4/c1-2-39-32(38)24-17-19-25(20-18-24)35-30(36)27-16-10-9-15-26(27)28(31(35)37)21-33-34-29(22-11-5-3-6-12-22)23-13-7-4-8-14-23/h3-21,33H,2H2,1H3/b28-21-. The van der Waals surface area contributed by atoms with Crippen LogP contribution in [0.25, 0.3) is 5.57 Å². The number of carbonyl (C=O) groups excluding carboxylic acids is 3. The average Bonchev–Trinajstić information content (AvgIpc) is 2.98. The summed E-state index contributed by atoms with van der Waals surface area (Å²) in [7, 11) is 0. The number of amides is 2. The molecule has 1 N–H and O–H groups in total. The van der Waals surface area contributed by atoms with Gasteiger partial charge < -0.3 is 4.74 Å². The van der Waals surface area contributed by atoms with E-state index in [2.05, 4.69) is 10.5 Å². The molecule has 0 atom stereocenters. The summed E-state index contributed by atoms with van der Waals surface area (Å²) in [6, 6.07) is 32.6. The Morgan fingerprint density at radius 3 is 1.90 bits per heavy atom. The van der Waals surface area contributed by atoms with Gasteiger partial charge in [-0.2, -0.15) is 5.10 Å². The lowest BCUT2D eigenvalue weighted by Gasteiger charge is -2.28. The predicted molar refractivity (Wildman–Crippen MR) is 150 cm³/mol. The zero-order valence-corrected chi connectivity index (χ0v) is 21.2. The molecular weight excluding hydrogens is 490 g/mol. The van der Waals surface area contributed by atoms with Crippen LogP contribution < -0.4 is 10.3 Å². The van der Waals surface area contributed by atoms with Crippen molar-refractivity contribution in [2.45, 2.75) is 6.92 Å². The van der Waals surface area contributed by atoms with Crippen LogP contribution in [0.2, 0.25) is 0 Å². The van der Waals surface area contributed by atoms with E-state index in [-0.39, 0.29) is 12.2 Å². The van der Waals surface area contributed by atoms with Crippen molar-refractivity contribution in [2.75, 3.05) is 11.5 Å². The minimum atomic E-state index is -0.508. The maximum absolute atomic E-state index is 13.7. The van der Waals surface area contributed by atoms with Crippen molar-refractivity contribution in [1.82, 2.24) is 5.43 Å². The van der Waals surface area contributed by atoms with E-state index in [9.17, 15) is 14.4 Å². The first kappa shape index (κ1) is 25.4. The van der Waals surface area contributed by atoms with Gasteiger partial charge in [-0.3, -0.25) is 15.0 Å². The van der Waals surface area contributed by atoms with Gasteiger partial charge in [0.1, 0.15) is 0 Å². The Balaban J connectivity index is 1.52. The molecular formula is C32H25N3O4. The van der Waals surface area contributed by atoms with E-state index in [0.29, 0.717) is 28.1 Å². The van der Waals surface area contributed by atoms with Crippen molar-refractivity contribution in [3.8, 4) is 0 Å². The monoisotopic (exact) mass is 515 g/mol. The summed E-state index contributed by atoms with van der Waals surface area (Å²) >= 11 is 0. The number of nitrogens with zero attached hydrogens (tertiary/aromatic N) is 2. The summed E-state index contributed by atoms with van der Waals surface area (Å²) in [5.74, 6) is -1.43. The molecule has 5 rings (SSSR count). The second kappa shape index (κ2) is 11.4. The molecule has 0 aromatic heterocycles. The largest absolute Gasteiger partial charge is 0.462 e. The van der Waals surface area contributed by atoms with E-state index >= 15 is 0 Å². The molecule has 7 heteroatoms. The molecule has 4 aromatic rings. The Labute approximate surface area is 226 Å². The number of hydrogen-bond donors (Lipinski definition) is 1. The fraction of sp³-hybridized carbons (Fsp3) is 0.0625. The molecule has 1 aliphatic heterocycles. The zero-order chi connectivity index (χ0) is 27.2. The third-order valence-electron chi connectivity index (χ3n) is 6.20. The zero-order valence-electron chi connectivity index (χ0n) is 21.2. The highest BCUT2D eigenvalue weighted by atomic mass is 16.5. The van der Waals surface area contributed by atoms with Crippen LogP contribution in [-0.2, 0) is 9.53 Å². The van der Waals surface area contributed by atoms with E-state index in [1.54, 1.807) is 43.3 Å². The molecule has 7 nitrogen and oxygen atoms in total. The van der Waals surface area contributed by atoms with E-state index in [1.807, 2.05) is 60.7 Å². The molecule has 0 aliphatic carbocycles. The van der Waals surface area contributed by atoms with Gasteiger partial charge in [0.2, 0.25) is 0 Å². The molecule has 2 amide bonds. The molecule has 0 radical (unpaired) electrons. The number of benzene rings is 4. The van der Waals surface area contributed by atoms with E-state index in [0.717, 1.165) is 16.0 Å². The van der Waals surface area contributed by atoms with Crippen molar-refractivity contribution < 1.29 is 19.1 Å². The molecule has 0 saturated carbocycles. The highest BCUT2D eigenvalue weighted by Gasteiger charge is 2.35. The molecule has 39 heavy (non-hydrogen) atoms. The molecule has 4 aromatic carbocycles. The summed E-state index contributed by atoms with van der Waals surface area (Å²) < 4.78 is 5.03. The molecule has 192 valence electrons. The number of hydrogen-bond acceptors (Lipinski definition) is 6.